The van der Waals surface area contributed by atoms with E-state index in [1.54, 1.807) is 4.68 Å². The predicted octanol–water partition coefficient (Wildman–Crippen LogP) is 4.10. The summed E-state index contributed by atoms with van der Waals surface area (Å²) in [6.45, 7) is 1.97. The Bertz CT molecular complexity index is 947. The number of benzene rings is 2. The fourth-order valence-electron chi connectivity index (χ4n) is 2.87. The molecule has 0 amide bonds. The van der Waals surface area contributed by atoms with Crippen LogP contribution in [-0.4, -0.2) is 25.8 Å². The molecule has 0 unspecified atom stereocenters. The van der Waals surface area contributed by atoms with Crippen LogP contribution in [0.4, 0.5) is 5.69 Å². The SMILES string of the molecule is CCCc1c(C(=O)O)c(-c2ccc([N+](=O)[O-])cc2)nn1-c1ccccc1. The Morgan fingerprint density at radius 1 is 1.15 bits per heavy atom. The fraction of sp³-hybridized carbons (Fsp3) is 0.158. The van der Waals surface area contributed by atoms with Gasteiger partial charge in [-0.1, -0.05) is 31.5 Å². The molecule has 7 heteroatoms. The van der Waals surface area contributed by atoms with Crippen LogP contribution in [0.2, 0.25) is 0 Å². The second-order valence-corrected chi connectivity index (χ2v) is 5.78. The molecule has 3 rings (SSSR count). The maximum atomic E-state index is 11.9. The number of carbonyl (C=O) groups is 1. The second-order valence-electron chi connectivity index (χ2n) is 5.78. The molecule has 1 heterocycles. The molecule has 0 bridgehead atoms. The molecule has 1 N–H and O–H groups in total. The van der Waals surface area contributed by atoms with E-state index in [4.69, 9.17) is 0 Å². The smallest absolute Gasteiger partial charge is 0.339 e. The maximum absolute atomic E-state index is 11.9. The quantitative estimate of drug-likeness (QED) is 0.532. The van der Waals surface area contributed by atoms with Crippen molar-refractivity contribution in [2.45, 2.75) is 19.8 Å². The minimum atomic E-state index is -1.07. The van der Waals surface area contributed by atoms with Crippen LogP contribution in [0.25, 0.3) is 16.9 Å². The number of hydrogen-bond acceptors (Lipinski definition) is 4. The number of non-ortho nitro benzene ring substituents is 1. The molecule has 0 fully saturated rings. The Kier molecular flexibility index (Phi) is 4.79. The third-order valence-electron chi connectivity index (χ3n) is 4.03. The van der Waals surface area contributed by atoms with Crippen molar-refractivity contribution in [2.24, 2.45) is 0 Å². The lowest BCUT2D eigenvalue weighted by molar-refractivity contribution is -0.384. The molecular weight excluding hydrogens is 334 g/mol. The summed E-state index contributed by atoms with van der Waals surface area (Å²) in [7, 11) is 0. The molecule has 1 aromatic heterocycles. The van der Waals surface area contributed by atoms with E-state index in [9.17, 15) is 20.0 Å². The number of aromatic nitrogens is 2. The first-order chi connectivity index (χ1) is 12.5. The summed E-state index contributed by atoms with van der Waals surface area (Å²) in [5, 5.41) is 25.2. The van der Waals surface area contributed by atoms with E-state index >= 15 is 0 Å². The largest absolute Gasteiger partial charge is 0.478 e. The van der Waals surface area contributed by atoms with Gasteiger partial charge in [-0.3, -0.25) is 10.1 Å². The molecule has 0 aliphatic rings. The van der Waals surface area contributed by atoms with Crippen LogP contribution in [0, 0.1) is 10.1 Å². The van der Waals surface area contributed by atoms with Gasteiger partial charge in [0.2, 0.25) is 0 Å². The molecule has 0 saturated carbocycles. The highest BCUT2D eigenvalue weighted by Crippen LogP contribution is 2.29. The lowest BCUT2D eigenvalue weighted by Gasteiger charge is -2.07. The molecule has 7 nitrogen and oxygen atoms in total. The summed E-state index contributed by atoms with van der Waals surface area (Å²) in [5.41, 5.74) is 2.29. The van der Waals surface area contributed by atoms with Crippen molar-refractivity contribution in [3.63, 3.8) is 0 Å². The first-order valence-electron chi connectivity index (χ1n) is 8.18. The highest BCUT2D eigenvalue weighted by atomic mass is 16.6. The Morgan fingerprint density at radius 3 is 2.35 bits per heavy atom. The normalized spacial score (nSPS) is 10.7. The summed E-state index contributed by atoms with van der Waals surface area (Å²) in [6.07, 6.45) is 1.31. The number of carboxylic acid groups (broad SMARTS) is 1. The standard InChI is InChI=1S/C19H17N3O4/c1-2-6-16-17(19(23)24)18(13-9-11-15(12-10-13)22(25)26)20-21(16)14-7-4-3-5-8-14/h3-5,7-12H,2,6H2,1H3,(H,23,24). The van der Waals surface area contributed by atoms with E-state index in [0.717, 1.165) is 12.1 Å². The fourth-order valence-corrected chi connectivity index (χ4v) is 2.87. The lowest BCUT2D eigenvalue weighted by Crippen LogP contribution is -2.06. The van der Waals surface area contributed by atoms with Gasteiger partial charge in [0.25, 0.3) is 5.69 Å². The van der Waals surface area contributed by atoms with Crippen molar-refractivity contribution in [3.8, 4) is 16.9 Å². The summed E-state index contributed by atoms with van der Waals surface area (Å²) in [4.78, 5) is 22.3. The van der Waals surface area contributed by atoms with Gasteiger partial charge in [0, 0.05) is 17.7 Å². The Hall–Kier alpha value is -3.48. The van der Waals surface area contributed by atoms with Gasteiger partial charge in [0.05, 0.1) is 16.3 Å². The minimum Gasteiger partial charge on any atom is -0.478 e. The van der Waals surface area contributed by atoms with Crippen molar-refractivity contribution in [1.29, 1.82) is 0 Å². The third kappa shape index (κ3) is 3.19. The van der Waals surface area contributed by atoms with Crippen molar-refractivity contribution in [3.05, 3.63) is 76.0 Å². The number of nitrogens with zero attached hydrogens (tertiary/aromatic N) is 3. The molecule has 0 atom stereocenters. The minimum absolute atomic E-state index is 0.0538. The lowest BCUT2D eigenvalue weighted by atomic mass is 10.0. The summed E-state index contributed by atoms with van der Waals surface area (Å²) in [6, 6.07) is 15.1. The Balaban J connectivity index is 2.21. The van der Waals surface area contributed by atoms with Crippen LogP contribution >= 0.6 is 0 Å². The van der Waals surface area contributed by atoms with Gasteiger partial charge in [-0.15, -0.1) is 0 Å². The zero-order valence-electron chi connectivity index (χ0n) is 14.1. The van der Waals surface area contributed by atoms with Gasteiger partial charge < -0.3 is 5.11 Å². The van der Waals surface area contributed by atoms with Crippen LogP contribution < -0.4 is 0 Å². The average Bonchev–Trinajstić information content (AvgIpc) is 3.02. The van der Waals surface area contributed by atoms with Gasteiger partial charge in [0.15, 0.2) is 0 Å². The average molecular weight is 351 g/mol. The first-order valence-corrected chi connectivity index (χ1v) is 8.18. The molecule has 2 aromatic carbocycles. The van der Waals surface area contributed by atoms with Crippen molar-refractivity contribution >= 4 is 11.7 Å². The topological polar surface area (TPSA) is 98.3 Å². The second kappa shape index (κ2) is 7.18. The zero-order chi connectivity index (χ0) is 18.7. The molecule has 3 aromatic rings. The number of nitro groups is 1. The van der Waals surface area contributed by atoms with Crippen molar-refractivity contribution in [1.82, 2.24) is 9.78 Å². The van der Waals surface area contributed by atoms with Crippen LogP contribution in [0.15, 0.2) is 54.6 Å². The van der Waals surface area contributed by atoms with Crippen LogP contribution in [0.1, 0.15) is 29.4 Å². The zero-order valence-corrected chi connectivity index (χ0v) is 14.1. The molecular formula is C19H17N3O4. The first kappa shape index (κ1) is 17.3. The monoisotopic (exact) mass is 351 g/mol. The number of rotatable bonds is 6. The molecule has 0 spiro atoms. The van der Waals surface area contributed by atoms with Crippen LogP contribution in [0.5, 0.6) is 0 Å². The highest BCUT2D eigenvalue weighted by Gasteiger charge is 2.25. The highest BCUT2D eigenvalue weighted by molar-refractivity contribution is 5.96. The van der Waals surface area contributed by atoms with E-state index in [-0.39, 0.29) is 11.3 Å². The summed E-state index contributed by atoms with van der Waals surface area (Å²) in [5.74, 6) is -1.07. The third-order valence-corrected chi connectivity index (χ3v) is 4.03. The van der Waals surface area contributed by atoms with E-state index in [1.165, 1.54) is 24.3 Å². The van der Waals surface area contributed by atoms with E-state index in [2.05, 4.69) is 5.10 Å². The van der Waals surface area contributed by atoms with Gasteiger partial charge in [-0.2, -0.15) is 5.10 Å². The molecule has 0 radical (unpaired) electrons. The van der Waals surface area contributed by atoms with Crippen LogP contribution in [0.3, 0.4) is 0 Å². The van der Waals surface area contributed by atoms with Crippen molar-refractivity contribution in [2.75, 3.05) is 0 Å². The summed E-state index contributed by atoms with van der Waals surface area (Å²) < 4.78 is 1.64. The number of aromatic carboxylic acids is 1. The number of carboxylic acids is 1. The summed E-state index contributed by atoms with van der Waals surface area (Å²) >= 11 is 0. The van der Waals surface area contributed by atoms with E-state index in [0.29, 0.717) is 23.4 Å². The van der Waals surface area contributed by atoms with Crippen LogP contribution in [-0.2, 0) is 6.42 Å². The number of para-hydroxylation sites is 1. The molecule has 26 heavy (non-hydrogen) atoms. The number of hydrogen-bond donors (Lipinski definition) is 1. The van der Waals surface area contributed by atoms with E-state index < -0.39 is 10.9 Å². The number of nitro benzene ring substituents is 1. The molecule has 132 valence electrons. The van der Waals surface area contributed by atoms with Gasteiger partial charge in [-0.05, 0) is 30.7 Å². The predicted molar refractivity (Wildman–Crippen MR) is 96.6 cm³/mol. The van der Waals surface area contributed by atoms with Crippen molar-refractivity contribution < 1.29 is 14.8 Å². The maximum Gasteiger partial charge on any atom is 0.339 e. The molecule has 0 aliphatic carbocycles. The van der Waals surface area contributed by atoms with E-state index in [1.807, 2.05) is 37.3 Å². The molecule has 0 saturated heterocycles. The Morgan fingerprint density at radius 2 is 1.81 bits per heavy atom. The van der Waals surface area contributed by atoms with Gasteiger partial charge in [0.1, 0.15) is 11.3 Å². The van der Waals surface area contributed by atoms with Gasteiger partial charge in [-0.25, -0.2) is 9.48 Å². The Labute approximate surface area is 149 Å². The molecule has 0 aliphatic heterocycles. The van der Waals surface area contributed by atoms with Gasteiger partial charge >= 0.3 is 5.97 Å².